The normalized spacial score (nSPS) is 19.0. The van der Waals surface area contributed by atoms with Crippen molar-refractivity contribution in [2.75, 3.05) is 26.2 Å². The Labute approximate surface area is 188 Å². The van der Waals surface area contributed by atoms with Gasteiger partial charge in [0.15, 0.2) is 5.69 Å². The van der Waals surface area contributed by atoms with E-state index < -0.39 is 17.9 Å². The number of alkyl halides is 3. The fraction of sp³-hybridized carbons (Fsp3) is 0.545. The SMILES string of the molecule is Cc1ccccc1CN1CCN(C(=O)C(C)n2nc(C(F)(F)F)c(Br)c2C2CC2)CC1. The maximum Gasteiger partial charge on any atom is 0.436 e. The second kappa shape index (κ2) is 8.58. The van der Waals surface area contributed by atoms with E-state index >= 15 is 0 Å². The van der Waals surface area contributed by atoms with Crippen LogP contribution >= 0.6 is 15.9 Å². The van der Waals surface area contributed by atoms with Gasteiger partial charge in [0.05, 0.1) is 10.2 Å². The minimum absolute atomic E-state index is 0.0230. The number of carbonyl (C=O) groups excluding carboxylic acids is 1. The fourth-order valence-corrected chi connectivity index (χ4v) is 4.96. The molecule has 1 aliphatic heterocycles. The van der Waals surface area contributed by atoms with Gasteiger partial charge in [0.2, 0.25) is 5.91 Å². The van der Waals surface area contributed by atoms with Crippen LogP contribution in [0.2, 0.25) is 0 Å². The van der Waals surface area contributed by atoms with E-state index in [2.05, 4.69) is 45.0 Å². The molecule has 1 amide bonds. The Balaban J connectivity index is 1.44. The number of halogens is 4. The van der Waals surface area contributed by atoms with Crippen LogP contribution in [0.4, 0.5) is 13.2 Å². The zero-order valence-corrected chi connectivity index (χ0v) is 19.2. The largest absolute Gasteiger partial charge is 0.436 e. The van der Waals surface area contributed by atoms with Crippen molar-refractivity contribution in [3.05, 3.63) is 51.3 Å². The molecule has 2 aliphatic rings. The van der Waals surface area contributed by atoms with Crippen molar-refractivity contribution in [2.45, 2.75) is 51.4 Å². The molecule has 0 N–H and O–H groups in total. The highest BCUT2D eigenvalue weighted by molar-refractivity contribution is 9.10. The zero-order chi connectivity index (χ0) is 22.3. The van der Waals surface area contributed by atoms with Crippen LogP contribution in [0.15, 0.2) is 28.7 Å². The Morgan fingerprint density at radius 3 is 2.42 bits per heavy atom. The second-order valence-corrected chi connectivity index (χ2v) is 9.26. The topological polar surface area (TPSA) is 41.4 Å². The van der Waals surface area contributed by atoms with Crippen molar-refractivity contribution in [2.24, 2.45) is 0 Å². The molecule has 0 radical (unpaired) electrons. The van der Waals surface area contributed by atoms with Gasteiger partial charge in [-0.15, -0.1) is 0 Å². The molecule has 0 bridgehead atoms. The molecule has 2 fully saturated rings. The van der Waals surface area contributed by atoms with Gasteiger partial charge in [-0.25, -0.2) is 0 Å². The van der Waals surface area contributed by atoms with Gasteiger partial charge in [-0.05, 0) is 53.7 Å². The van der Waals surface area contributed by atoms with Crippen LogP contribution in [0.3, 0.4) is 0 Å². The molecule has 2 aromatic rings. The molecule has 1 aromatic carbocycles. The molecule has 4 rings (SSSR count). The number of piperazine rings is 1. The van der Waals surface area contributed by atoms with Gasteiger partial charge in [0.25, 0.3) is 0 Å². The molecule has 168 valence electrons. The molecule has 1 unspecified atom stereocenters. The highest BCUT2D eigenvalue weighted by Gasteiger charge is 2.43. The van der Waals surface area contributed by atoms with Gasteiger partial charge in [-0.2, -0.15) is 18.3 Å². The number of rotatable bonds is 5. The number of nitrogens with zero attached hydrogens (tertiary/aromatic N) is 4. The van der Waals surface area contributed by atoms with E-state index in [4.69, 9.17) is 0 Å². The monoisotopic (exact) mass is 498 g/mol. The summed E-state index contributed by atoms with van der Waals surface area (Å²) in [7, 11) is 0. The number of hydrogen-bond donors (Lipinski definition) is 0. The lowest BCUT2D eigenvalue weighted by molar-refractivity contribution is -0.143. The first-order valence-corrected chi connectivity index (χ1v) is 11.4. The number of aromatic nitrogens is 2. The van der Waals surface area contributed by atoms with Crippen molar-refractivity contribution < 1.29 is 18.0 Å². The molecule has 5 nitrogen and oxygen atoms in total. The summed E-state index contributed by atoms with van der Waals surface area (Å²) in [6, 6.07) is 7.47. The van der Waals surface area contributed by atoms with Gasteiger partial charge in [0.1, 0.15) is 6.04 Å². The first kappa shape index (κ1) is 22.3. The van der Waals surface area contributed by atoms with Crippen LogP contribution in [-0.2, 0) is 17.5 Å². The average molecular weight is 499 g/mol. The highest BCUT2D eigenvalue weighted by atomic mass is 79.9. The van der Waals surface area contributed by atoms with Gasteiger partial charge in [-0.3, -0.25) is 14.4 Å². The van der Waals surface area contributed by atoms with Crippen LogP contribution in [-0.4, -0.2) is 51.7 Å². The molecule has 1 saturated carbocycles. The molecule has 1 aliphatic carbocycles. The molecule has 1 atom stereocenters. The summed E-state index contributed by atoms with van der Waals surface area (Å²) in [6.45, 7) is 7.15. The third-order valence-electron chi connectivity index (χ3n) is 6.18. The lowest BCUT2D eigenvalue weighted by Crippen LogP contribution is -2.50. The van der Waals surface area contributed by atoms with E-state index in [9.17, 15) is 18.0 Å². The van der Waals surface area contributed by atoms with Gasteiger partial charge in [0, 0.05) is 38.6 Å². The van der Waals surface area contributed by atoms with Crippen molar-refractivity contribution >= 4 is 21.8 Å². The van der Waals surface area contributed by atoms with Crippen molar-refractivity contribution in [3.63, 3.8) is 0 Å². The summed E-state index contributed by atoms with van der Waals surface area (Å²) >= 11 is 3.10. The number of hydrogen-bond acceptors (Lipinski definition) is 3. The zero-order valence-electron chi connectivity index (χ0n) is 17.6. The highest BCUT2D eigenvalue weighted by Crippen LogP contribution is 2.47. The molecule has 2 heterocycles. The van der Waals surface area contributed by atoms with E-state index in [1.165, 1.54) is 15.8 Å². The molecule has 9 heteroatoms. The van der Waals surface area contributed by atoms with E-state index in [1.807, 2.05) is 12.1 Å². The smallest absolute Gasteiger partial charge is 0.338 e. The lowest BCUT2D eigenvalue weighted by Gasteiger charge is -2.36. The second-order valence-electron chi connectivity index (χ2n) is 8.47. The Morgan fingerprint density at radius 2 is 1.84 bits per heavy atom. The molecule has 1 aromatic heterocycles. The molecular weight excluding hydrogens is 473 g/mol. The van der Waals surface area contributed by atoms with Crippen LogP contribution < -0.4 is 0 Å². The lowest BCUT2D eigenvalue weighted by atomic mass is 10.1. The summed E-state index contributed by atoms with van der Waals surface area (Å²) in [6.07, 6.45) is -2.92. The Kier molecular flexibility index (Phi) is 6.18. The van der Waals surface area contributed by atoms with Crippen LogP contribution in [0, 0.1) is 6.92 Å². The van der Waals surface area contributed by atoms with Gasteiger partial charge < -0.3 is 4.90 Å². The molecule has 31 heavy (non-hydrogen) atoms. The maximum absolute atomic E-state index is 13.4. The molecule has 1 saturated heterocycles. The molecule has 0 spiro atoms. The summed E-state index contributed by atoms with van der Waals surface area (Å²) in [5.41, 5.74) is 2.06. The van der Waals surface area contributed by atoms with Crippen LogP contribution in [0.1, 0.15) is 54.2 Å². The van der Waals surface area contributed by atoms with Gasteiger partial charge in [-0.1, -0.05) is 24.3 Å². The summed E-state index contributed by atoms with van der Waals surface area (Å²) in [4.78, 5) is 17.2. The van der Waals surface area contributed by atoms with E-state index in [1.54, 1.807) is 11.8 Å². The minimum atomic E-state index is -4.56. The van der Waals surface area contributed by atoms with Crippen molar-refractivity contribution in [3.8, 4) is 0 Å². The van der Waals surface area contributed by atoms with E-state index in [0.717, 1.165) is 32.5 Å². The summed E-state index contributed by atoms with van der Waals surface area (Å²) in [5, 5.41) is 3.83. The van der Waals surface area contributed by atoms with Crippen LogP contribution in [0.25, 0.3) is 0 Å². The number of aryl methyl sites for hydroxylation is 1. The van der Waals surface area contributed by atoms with Crippen LogP contribution in [0.5, 0.6) is 0 Å². The van der Waals surface area contributed by atoms with Crippen molar-refractivity contribution in [1.82, 2.24) is 19.6 Å². The Morgan fingerprint density at radius 1 is 1.19 bits per heavy atom. The third-order valence-corrected chi connectivity index (χ3v) is 6.97. The Hall–Kier alpha value is -1.87. The molecular formula is C22H26BrF3N4O. The third kappa shape index (κ3) is 4.67. The minimum Gasteiger partial charge on any atom is -0.338 e. The quantitative estimate of drug-likeness (QED) is 0.596. The maximum atomic E-state index is 13.4. The van der Waals surface area contributed by atoms with E-state index in [-0.39, 0.29) is 16.3 Å². The predicted molar refractivity (Wildman–Crippen MR) is 115 cm³/mol. The summed E-state index contributed by atoms with van der Waals surface area (Å²) in [5.74, 6) is -0.152. The van der Waals surface area contributed by atoms with Crippen molar-refractivity contribution in [1.29, 1.82) is 0 Å². The van der Waals surface area contributed by atoms with Gasteiger partial charge >= 0.3 is 6.18 Å². The number of benzene rings is 1. The first-order valence-electron chi connectivity index (χ1n) is 10.6. The standard InChI is InChI=1S/C22H26BrF3N4O/c1-14-5-3-4-6-17(14)13-28-9-11-29(12-10-28)21(31)15(2)30-19(16-7-8-16)18(23)20(27-30)22(24,25)26/h3-6,15-16H,7-13H2,1-2H3. The average Bonchev–Trinajstić information content (AvgIpc) is 3.50. The number of carbonyl (C=O) groups is 1. The first-order chi connectivity index (χ1) is 14.7. The van der Waals surface area contributed by atoms with E-state index in [0.29, 0.717) is 18.8 Å². The number of amides is 1. The Bertz CT molecular complexity index is 962. The predicted octanol–water partition coefficient (Wildman–Crippen LogP) is 4.76. The summed E-state index contributed by atoms with van der Waals surface area (Å²) < 4.78 is 41.4. The fourth-order valence-electron chi connectivity index (χ4n) is 4.15.